The lowest BCUT2D eigenvalue weighted by Crippen LogP contribution is -2.64. The monoisotopic (exact) mass is 292 g/mol. The SMILES string of the molecule is CC(C)CC1CN(CCC(F)(F)F)C2(CCCC2)CN1. The maximum atomic E-state index is 12.6. The predicted molar refractivity (Wildman–Crippen MR) is 74.7 cm³/mol. The van der Waals surface area contributed by atoms with Crippen molar-refractivity contribution in [1.29, 1.82) is 0 Å². The van der Waals surface area contributed by atoms with Gasteiger partial charge in [0, 0.05) is 31.2 Å². The maximum Gasteiger partial charge on any atom is 0.390 e. The fraction of sp³-hybridized carbons (Fsp3) is 1.00. The highest BCUT2D eigenvalue weighted by Gasteiger charge is 2.44. The number of rotatable bonds is 4. The van der Waals surface area contributed by atoms with Gasteiger partial charge in [0.15, 0.2) is 0 Å². The highest BCUT2D eigenvalue weighted by Crippen LogP contribution is 2.38. The van der Waals surface area contributed by atoms with Crippen molar-refractivity contribution >= 4 is 0 Å². The summed E-state index contributed by atoms with van der Waals surface area (Å²) in [5.74, 6) is 0.578. The van der Waals surface area contributed by atoms with Crippen LogP contribution < -0.4 is 5.32 Å². The number of nitrogens with one attached hydrogen (secondary N) is 1. The molecule has 0 aromatic heterocycles. The van der Waals surface area contributed by atoms with E-state index in [9.17, 15) is 13.2 Å². The van der Waals surface area contributed by atoms with E-state index in [2.05, 4.69) is 24.1 Å². The topological polar surface area (TPSA) is 15.3 Å². The van der Waals surface area contributed by atoms with E-state index in [-0.39, 0.29) is 12.1 Å². The Morgan fingerprint density at radius 2 is 1.90 bits per heavy atom. The normalized spacial score (nSPS) is 27.6. The molecule has 0 aromatic rings. The number of nitrogens with zero attached hydrogens (tertiary/aromatic N) is 1. The van der Waals surface area contributed by atoms with E-state index >= 15 is 0 Å². The molecule has 1 saturated carbocycles. The summed E-state index contributed by atoms with van der Waals surface area (Å²) in [5.41, 5.74) is -0.00126. The summed E-state index contributed by atoms with van der Waals surface area (Å²) >= 11 is 0. The first-order valence-electron chi connectivity index (χ1n) is 7.86. The van der Waals surface area contributed by atoms with Crippen molar-refractivity contribution in [3.8, 4) is 0 Å². The minimum absolute atomic E-state index is 0.00126. The van der Waals surface area contributed by atoms with E-state index in [1.165, 1.54) is 0 Å². The molecule has 0 aromatic carbocycles. The molecule has 1 N–H and O–H groups in total. The van der Waals surface area contributed by atoms with Gasteiger partial charge in [0.2, 0.25) is 0 Å². The van der Waals surface area contributed by atoms with E-state index in [0.29, 0.717) is 12.0 Å². The minimum atomic E-state index is -4.04. The Hall–Kier alpha value is -0.290. The average Bonchev–Trinajstić information content (AvgIpc) is 2.78. The Kier molecular flexibility index (Phi) is 5.00. The predicted octanol–water partition coefficient (Wildman–Crippen LogP) is 3.57. The standard InChI is InChI=1S/C15H27F3N2/c1-12(2)9-13-10-20(8-7-15(16,17)18)14(11-19-13)5-3-4-6-14/h12-13,19H,3-11H2,1-2H3. The van der Waals surface area contributed by atoms with Gasteiger partial charge in [0.1, 0.15) is 0 Å². The molecule has 0 radical (unpaired) electrons. The quantitative estimate of drug-likeness (QED) is 0.852. The number of halogens is 3. The van der Waals surface area contributed by atoms with E-state index in [1.807, 2.05) is 0 Å². The highest BCUT2D eigenvalue weighted by molar-refractivity contribution is 5.02. The molecule has 0 amide bonds. The van der Waals surface area contributed by atoms with Crippen LogP contribution in [-0.2, 0) is 0 Å². The molecule has 0 bridgehead atoms. The first-order valence-corrected chi connectivity index (χ1v) is 7.86. The van der Waals surface area contributed by atoms with Gasteiger partial charge in [0.05, 0.1) is 6.42 Å². The Morgan fingerprint density at radius 3 is 2.45 bits per heavy atom. The van der Waals surface area contributed by atoms with Crippen LogP contribution in [-0.4, -0.2) is 42.3 Å². The molecule has 2 aliphatic rings. The smallest absolute Gasteiger partial charge is 0.311 e. The molecule has 1 spiro atoms. The molecule has 1 atom stereocenters. The lowest BCUT2D eigenvalue weighted by molar-refractivity contribution is -0.143. The van der Waals surface area contributed by atoms with Crippen LogP contribution in [0.25, 0.3) is 0 Å². The van der Waals surface area contributed by atoms with Crippen molar-refractivity contribution < 1.29 is 13.2 Å². The largest absolute Gasteiger partial charge is 0.390 e. The van der Waals surface area contributed by atoms with Crippen LogP contribution in [0.1, 0.15) is 52.4 Å². The Morgan fingerprint density at radius 1 is 1.25 bits per heavy atom. The fourth-order valence-corrected chi connectivity index (χ4v) is 3.81. The van der Waals surface area contributed by atoms with Gasteiger partial charge >= 0.3 is 6.18 Å². The molecule has 1 saturated heterocycles. The van der Waals surface area contributed by atoms with Crippen LogP contribution in [0.3, 0.4) is 0 Å². The number of hydrogen-bond donors (Lipinski definition) is 1. The summed E-state index contributed by atoms with van der Waals surface area (Å²) in [6.07, 6.45) is 0.719. The van der Waals surface area contributed by atoms with Crippen molar-refractivity contribution in [3.63, 3.8) is 0 Å². The van der Waals surface area contributed by atoms with Crippen LogP contribution >= 0.6 is 0 Å². The van der Waals surface area contributed by atoms with Crippen LogP contribution in [0, 0.1) is 5.92 Å². The van der Waals surface area contributed by atoms with Crippen molar-refractivity contribution in [2.24, 2.45) is 5.92 Å². The van der Waals surface area contributed by atoms with E-state index < -0.39 is 12.6 Å². The average molecular weight is 292 g/mol. The highest BCUT2D eigenvalue weighted by atomic mass is 19.4. The van der Waals surface area contributed by atoms with Crippen molar-refractivity contribution in [1.82, 2.24) is 10.2 Å². The number of alkyl halides is 3. The van der Waals surface area contributed by atoms with E-state index in [1.54, 1.807) is 0 Å². The van der Waals surface area contributed by atoms with E-state index in [4.69, 9.17) is 0 Å². The van der Waals surface area contributed by atoms with Gasteiger partial charge < -0.3 is 5.32 Å². The molecule has 5 heteroatoms. The number of piperazine rings is 1. The molecule has 2 nitrogen and oxygen atoms in total. The summed E-state index contributed by atoms with van der Waals surface area (Å²) in [6, 6.07) is 0.342. The summed E-state index contributed by atoms with van der Waals surface area (Å²) in [5, 5.41) is 3.59. The summed E-state index contributed by atoms with van der Waals surface area (Å²) in [6.45, 7) is 6.14. The van der Waals surface area contributed by atoms with Crippen molar-refractivity contribution in [2.75, 3.05) is 19.6 Å². The van der Waals surface area contributed by atoms with Crippen LogP contribution in [0.4, 0.5) is 13.2 Å². The zero-order valence-corrected chi connectivity index (χ0v) is 12.6. The molecular formula is C15H27F3N2. The molecule has 118 valence electrons. The zero-order chi connectivity index (χ0) is 14.8. The molecule has 1 aliphatic carbocycles. The summed E-state index contributed by atoms with van der Waals surface area (Å²) in [7, 11) is 0. The van der Waals surface area contributed by atoms with E-state index in [0.717, 1.165) is 45.2 Å². The van der Waals surface area contributed by atoms with Crippen LogP contribution in [0.15, 0.2) is 0 Å². The molecule has 2 fully saturated rings. The Labute approximate surface area is 120 Å². The zero-order valence-electron chi connectivity index (χ0n) is 12.6. The first-order chi connectivity index (χ1) is 9.31. The van der Waals surface area contributed by atoms with Gasteiger partial charge in [-0.15, -0.1) is 0 Å². The van der Waals surface area contributed by atoms with Crippen LogP contribution in [0.5, 0.6) is 0 Å². The summed E-state index contributed by atoms with van der Waals surface area (Å²) < 4.78 is 37.7. The second kappa shape index (κ2) is 6.22. The first kappa shape index (κ1) is 16.1. The van der Waals surface area contributed by atoms with Crippen LogP contribution in [0.2, 0.25) is 0 Å². The van der Waals surface area contributed by atoms with Gasteiger partial charge in [0.25, 0.3) is 0 Å². The molecular weight excluding hydrogens is 265 g/mol. The molecule has 2 rings (SSSR count). The lowest BCUT2D eigenvalue weighted by atomic mass is 9.89. The van der Waals surface area contributed by atoms with Gasteiger partial charge in [-0.3, -0.25) is 4.90 Å². The second-order valence-electron chi connectivity index (χ2n) is 6.95. The third kappa shape index (κ3) is 4.10. The molecule has 1 unspecified atom stereocenters. The third-order valence-corrected chi connectivity index (χ3v) is 4.79. The number of hydrogen-bond acceptors (Lipinski definition) is 2. The van der Waals surface area contributed by atoms with Gasteiger partial charge in [-0.1, -0.05) is 26.7 Å². The van der Waals surface area contributed by atoms with Crippen molar-refractivity contribution in [3.05, 3.63) is 0 Å². The second-order valence-corrected chi connectivity index (χ2v) is 6.95. The Bertz CT molecular complexity index is 309. The summed E-state index contributed by atoms with van der Waals surface area (Å²) in [4.78, 5) is 2.15. The maximum absolute atomic E-state index is 12.6. The van der Waals surface area contributed by atoms with Gasteiger partial charge in [-0.25, -0.2) is 0 Å². The Balaban J connectivity index is 1.99. The lowest BCUT2D eigenvalue weighted by Gasteiger charge is -2.49. The fourth-order valence-electron chi connectivity index (χ4n) is 3.81. The van der Waals surface area contributed by atoms with Crippen molar-refractivity contribution in [2.45, 2.75) is 70.1 Å². The van der Waals surface area contributed by atoms with Gasteiger partial charge in [-0.05, 0) is 25.2 Å². The third-order valence-electron chi connectivity index (χ3n) is 4.79. The molecule has 1 aliphatic heterocycles. The molecule has 1 heterocycles. The van der Waals surface area contributed by atoms with Gasteiger partial charge in [-0.2, -0.15) is 13.2 Å². The molecule has 20 heavy (non-hydrogen) atoms. The minimum Gasteiger partial charge on any atom is -0.311 e.